The highest BCUT2D eigenvalue weighted by Crippen LogP contribution is 2.28. The van der Waals surface area contributed by atoms with E-state index in [9.17, 15) is 4.79 Å². The first kappa shape index (κ1) is 21.8. The molecule has 0 saturated heterocycles. The molecule has 3 aromatic rings. The topological polar surface area (TPSA) is 56.6 Å². The first-order valence-corrected chi connectivity index (χ1v) is 10.7. The highest BCUT2D eigenvalue weighted by atomic mass is 32.2. The lowest BCUT2D eigenvalue weighted by atomic mass is 10.2. The Morgan fingerprint density at radius 2 is 1.83 bits per heavy atom. The normalized spacial score (nSPS) is 10.7. The molecule has 0 aliphatic rings. The molecule has 0 fully saturated rings. The van der Waals surface area contributed by atoms with Crippen molar-refractivity contribution in [2.24, 2.45) is 7.05 Å². The molecule has 0 aliphatic heterocycles. The molecule has 0 radical (unpaired) electrons. The van der Waals surface area contributed by atoms with Crippen LogP contribution in [0.25, 0.3) is 11.3 Å². The maximum absolute atomic E-state index is 12.8. The number of rotatable bonds is 9. The minimum Gasteiger partial charge on any atom is -0.493 e. The van der Waals surface area contributed by atoms with Crippen LogP contribution in [0.5, 0.6) is 11.5 Å². The molecule has 0 spiro atoms. The second kappa shape index (κ2) is 10.2. The molecule has 2 aromatic carbocycles. The molecule has 0 bridgehead atoms. The van der Waals surface area contributed by atoms with Crippen molar-refractivity contribution in [3.8, 4) is 22.8 Å². The fourth-order valence-electron chi connectivity index (χ4n) is 3.20. The van der Waals surface area contributed by atoms with Gasteiger partial charge in [-0.2, -0.15) is 0 Å². The van der Waals surface area contributed by atoms with Crippen LogP contribution >= 0.6 is 11.8 Å². The fourth-order valence-corrected chi connectivity index (χ4v) is 4.05. The van der Waals surface area contributed by atoms with Crippen LogP contribution < -0.4 is 9.47 Å². The van der Waals surface area contributed by atoms with Gasteiger partial charge in [-0.3, -0.25) is 4.79 Å². The largest absolute Gasteiger partial charge is 0.493 e. The number of methoxy groups -OCH3 is 2. The molecule has 0 atom stereocenters. The summed E-state index contributed by atoms with van der Waals surface area (Å²) in [7, 11) is 5.19. The third-order valence-corrected chi connectivity index (χ3v) is 5.92. The first-order chi connectivity index (χ1) is 14.6. The number of amides is 1. The lowest BCUT2D eigenvalue weighted by molar-refractivity contribution is -0.128. The van der Waals surface area contributed by atoms with Crippen molar-refractivity contribution in [2.45, 2.75) is 18.6 Å². The number of aromatic nitrogens is 2. The smallest absolute Gasteiger partial charge is 0.233 e. The van der Waals surface area contributed by atoms with Crippen molar-refractivity contribution >= 4 is 17.7 Å². The summed E-state index contributed by atoms with van der Waals surface area (Å²) in [6.07, 6.45) is 1.85. The molecular formula is C23H27N3O3S. The summed E-state index contributed by atoms with van der Waals surface area (Å²) in [5.41, 5.74) is 3.13. The molecule has 1 heterocycles. The quantitative estimate of drug-likeness (QED) is 0.480. The minimum absolute atomic E-state index is 0.0709. The van der Waals surface area contributed by atoms with Crippen LogP contribution in [-0.2, 0) is 18.4 Å². The molecular weight excluding hydrogens is 398 g/mol. The Morgan fingerprint density at radius 3 is 2.50 bits per heavy atom. The highest BCUT2D eigenvalue weighted by molar-refractivity contribution is 7.99. The van der Waals surface area contributed by atoms with Gasteiger partial charge in [-0.15, -0.1) is 0 Å². The molecule has 6 nitrogen and oxygen atoms in total. The van der Waals surface area contributed by atoms with Gasteiger partial charge >= 0.3 is 0 Å². The van der Waals surface area contributed by atoms with Gasteiger partial charge < -0.3 is 18.9 Å². The zero-order chi connectivity index (χ0) is 21.5. The number of ether oxygens (including phenoxy) is 2. The number of hydrogen-bond donors (Lipinski definition) is 0. The third kappa shape index (κ3) is 4.97. The summed E-state index contributed by atoms with van der Waals surface area (Å²) in [6.45, 7) is 3.13. The standard InChI is InChI=1S/C23H27N3O3S/c1-5-26(15-17-11-12-20(28-3)21(13-17)29-4)22(27)16-30-23-24-14-19(25(23)2)18-9-7-6-8-10-18/h6-14H,5,15-16H2,1-4H3. The van der Waals surface area contributed by atoms with Gasteiger partial charge in [0.05, 0.1) is 31.9 Å². The van der Waals surface area contributed by atoms with Gasteiger partial charge in [0.2, 0.25) is 5.91 Å². The van der Waals surface area contributed by atoms with Crippen LogP contribution in [0.1, 0.15) is 12.5 Å². The average Bonchev–Trinajstić information content (AvgIpc) is 3.16. The minimum atomic E-state index is 0.0709. The predicted molar refractivity (Wildman–Crippen MR) is 120 cm³/mol. The van der Waals surface area contributed by atoms with Gasteiger partial charge in [0.15, 0.2) is 16.7 Å². The lowest BCUT2D eigenvalue weighted by Gasteiger charge is -2.21. The maximum Gasteiger partial charge on any atom is 0.233 e. The SMILES string of the molecule is CCN(Cc1ccc(OC)c(OC)c1)C(=O)CSc1ncc(-c2ccccc2)n1C. The molecule has 1 aromatic heterocycles. The lowest BCUT2D eigenvalue weighted by Crippen LogP contribution is -2.31. The number of hydrogen-bond acceptors (Lipinski definition) is 5. The van der Waals surface area contributed by atoms with E-state index in [-0.39, 0.29) is 5.91 Å². The summed E-state index contributed by atoms with van der Waals surface area (Å²) >= 11 is 1.45. The Kier molecular flexibility index (Phi) is 7.41. The molecule has 158 valence electrons. The van der Waals surface area contributed by atoms with Gasteiger partial charge in [-0.05, 0) is 30.2 Å². The summed E-state index contributed by atoms with van der Waals surface area (Å²) in [5.74, 6) is 1.74. The first-order valence-electron chi connectivity index (χ1n) is 9.76. The molecule has 1 amide bonds. The Balaban J connectivity index is 1.64. The van der Waals surface area contributed by atoms with E-state index in [2.05, 4.69) is 17.1 Å². The Bertz CT molecular complexity index is 989. The monoisotopic (exact) mass is 425 g/mol. The van der Waals surface area contributed by atoms with E-state index in [1.165, 1.54) is 11.8 Å². The van der Waals surface area contributed by atoms with Crippen LogP contribution in [0.3, 0.4) is 0 Å². The molecule has 7 heteroatoms. The fraction of sp³-hybridized carbons (Fsp3) is 0.304. The van der Waals surface area contributed by atoms with Gasteiger partial charge in [-0.1, -0.05) is 48.2 Å². The second-order valence-electron chi connectivity index (χ2n) is 6.74. The van der Waals surface area contributed by atoms with Crippen LogP contribution in [0, 0.1) is 0 Å². The van der Waals surface area contributed by atoms with E-state index in [4.69, 9.17) is 9.47 Å². The summed E-state index contributed by atoms with van der Waals surface area (Å²) in [4.78, 5) is 19.2. The van der Waals surface area contributed by atoms with E-state index in [1.807, 2.05) is 66.0 Å². The van der Waals surface area contributed by atoms with Crippen molar-refractivity contribution in [1.82, 2.24) is 14.5 Å². The highest BCUT2D eigenvalue weighted by Gasteiger charge is 2.16. The zero-order valence-electron chi connectivity index (χ0n) is 17.8. The van der Waals surface area contributed by atoms with Crippen LogP contribution in [-0.4, -0.2) is 46.9 Å². The van der Waals surface area contributed by atoms with E-state index in [0.29, 0.717) is 30.3 Å². The van der Waals surface area contributed by atoms with Gasteiger partial charge in [0.1, 0.15) is 0 Å². The number of nitrogens with zero attached hydrogens (tertiary/aromatic N) is 3. The van der Waals surface area contributed by atoms with Crippen molar-refractivity contribution in [1.29, 1.82) is 0 Å². The van der Waals surface area contributed by atoms with Crippen LogP contribution in [0.4, 0.5) is 0 Å². The van der Waals surface area contributed by atoms with Crippen molar-refractivity contribution in [3.63, 3.8) is 0 Å². The second-order valence-corrected chi connectivity index (χ2v) is 7.68. The molecule has 0 saturated carbocycles. The summed E-state index contributed by atoms with van der Waals surface area (Å²) in [5, 5.41) is 0.823. The Labute approximate surface area is 181 Å². The molecule has 0 unspecified atom stereocenters. The van der Waals surface area contributed by atoms with Crippen LogP contribution in [0.2, 0.25) is 0 Å². The van der Waals surface area contributed by atoms with Crippen molar-refractivity contribution in [2.75, 3.05) is 26.5 Å². The summed E-state index contributed by atoms with van der Waals surface area (Å²) in [6, 6.07) is 15.8. The van der Waals surface area contributed by atoms with Gasteiger partial charge in [0.25, 0.3) is 0 Å². The number of carbonyl (C=O) groups excluding carboxylic acids is 1. The van der Waals surface area contributed by atoms with E-state index >= 15 is 0 Å². The van der Waals surface area contributed by atoms with Gasteiger partial charge in [0, 0.05) is 20.1 Å². The summed E-state index contributed by atoms with van der Waals surface area (Å²) < 4.78 is 12.7. The number of imidazole rings is 1. The number of carbonyl (C=O) groups is 1. The number of thioether (sulfide) groups is 1. The van der Waals surface area contributed by atoms with E-state index < -0.39 is 0 Å². The van der Waals surface area contributed by atoms with E-state index in [1.54, 1.807) is 14.2 Å². The van der Waals surface area contributed by atoms with E-state index in [0.717, 1.165) is 22.0 Å². The van der Waals surface area contributed by atoms with Crippen LogP contribution in [0.15, 0.2) is 59.9 Å². The van der Waals surface area contributed by atoms with Gasteiger partial charge in [-0.25, -0.2) is 4.98 Å². The number of benzene rings is 2. The predicted octanol–water partition coefficient (Wildman–Crippen LogP) is 4.25. The average molecular weight is 426 g/mol. The Hall–Kier alpha value is -2.93. The molecule has 30 heavy (non-hydrogen) atoms. The molecule has 3 rings (SSSR count). The third-order valence-electron chi connectivity index (χ3n) is 4.90. The van der Waals surface area contributed by atoms with Crippen molar-refractivity contribution < 1.29 is 14.3 Å². The zero-order valence-corrected chi connectivity index (χ0v) is 18.6. The molecule has 0 aliphatic carbocycles. The Morgan fingerprint density at radius 1 is 1.10 bits per heavy atom. The maximum atomic E-state index is 12.8. The van der Waals surface area contributed by atoms with Crippen molar-refractivity contribution in [3.05, 3.63) is 60.3 Å². The molecule has 0 N–H and O–H groups in total.